The van der Waals surface area contributed by atoms with Crippen LogP contribution in [0.15, 0.2) is 11.4 Å². The van der Waals surface area contributed by atoms with Crippen LogP contribution in [0.5, 0.6) is 0 Å². The van der Waals surface area contributed by atoms with Gasteiger partial charge in [-0.15, -0.1) is 11.3 Å². The lowest BCUT2D eigenvalue weighted by atomic mass is 10.2. The number of thiophene rings is 1. The Kier molecular flexibility index (Phi) is 3.58. The molecule has 0 bridgehead atoms. The second-order valence-corrected chi connectivity index (χ2v) is 5.14. The van der Waals surface area contributed by atoms with Crippen LogP contribution in [0.25, 0.3) is 0 Å². The van der Waals surface area contributed by atoms with Crippen LogP contribution < -0.4 is 5.32 Å². The highest BCUT2D eigenvalue weighted by Gasteiger charge is 2.29. The number of aliphatic hydroxyl groups excluding tert-OH is 1. The summed E-state index contributed by atoms with van der Waals surface area (Å²) >= 11 is 1.43. The standard InChI is InChI=1S/C11H15NO3S/c13-10(7-1-2-7)5-12-4-9-3-8(6-16-9)11(14)15/h3,6-7,10,12-13H,1-2,4-5H2,(H,14,15). The van der Waals surface area contributed by atoms with Gasteiger partial charge in [-0.2, -0.15) is 0 Å². The van der Waals surface area contributed by atoms with Crippen LogP contribution in [0.4, 0.5) is 0 Å². The van der Waals surface area contributed by atoms with Crippen molar-refractivity contribution >= 4 is 17.3 Å². The molecule has 3 N–H and O–H groups in total. The van der Waals surface area contributed by atoms with Crippen LogP contribution >= 0.6 is 11.3 Å². The molecular weight excluding hydrogens is 226 g/mol. The molecule has 1 aromatic heterocycles. The highest BCUT2D eigenvalue weighted by Crippen LogP contribution is 2.32. The van der Waals surface area contributed by atoms with Gasteiger partial charge in [0.1, 0.15) is 0 Å². The van der Waals surface area contributed by atoms with Gasteiger partial charge in [-0.3, -0.25) is 0 Å². The lowest BCUT2D eigenvalue weighted by Gasteiger charge is -2.09. The summed E-state index contributed by atoms with van der Waals surface area (Å²) in [6.07, 6.45) is 2.01. The molecule has 0 amide bonds. The Morgan fingerprint density at radius 2 is 2.38 bits per heavy atom. The van der Waals surface area contributed by atoms with E-state index < -0.39 is 5.97 Å². The smallest absolute Gasteiger partial charge is 0.336 e. The number of carboxylic acids is 1. The fourth-order valence-electron chi connectivity index (χ4n) is 1.58. The first-order valence-corrected chi connectivity index (χ1v) is 6.24. The first-order chi connectivity index (χ1) is 7.66. The van der Waals surface area contributed by atoms with Crippen molar-refractivity contribution in [3.05, 3.63) is 21.9 Å². The number of carboxylic acid groups (broad SMARTS) is 1. The second-order valence-electron chi connectivity index (χ2n) is 4.14. The first-order valence-electron chi connectivity index (χ1n) is 5.36. The maximum absolute atomic E-state index is 10.6. The molecule has 1 saturated carbocycles. The van der Waals surface area contributed by atoms with Gasteiger partial charge in [-0.1, -0.05) is 0 Å². The molecule has 4 nitrogen and oxygen atoms in total. The summed E-state index contributed by atoms with van der Waals surface area (Å²) in [5.41, 5.74) is 0.338. The topological polar surface area (TPSA) is 69.6 Å². The maximum Gasteiger partial charge on any atom is 0.336 e. The first kappa shape index (κ1) is 11.6. The number of aromatic carboxylic acids is 1. The molecule has 88 valence electrons. The van der Waals surface area contributed by atoms with E-state index in [1.54, 1.807) is 11.4 Å². The minimum Gasteiger partial charge on any atom is -0.478 e. The molecule has 1 fully saturated rings. The number of carbonyl (C=O) groups is 1. The third-order valence-corrected chi connectivity index (χ3v) is 3.66. The van der Waals surface area contributed by atoms with Crippen molar-refractivity contribution in [3.8, 4) is 0 Å². The Morgan fingerprint density at radius 1 is 1.62 bits per heavy atom. The Balaban J connectivity index is 1.73. The van der Waals surface area contributed by atoms with Crippen molar-refractivity contribution in [2.24, 2.45) is 5.92 Å². The molecule has 1 aliphatic rings. The average molecular weight is 241 g/mol. The molecular formula is C11H15NO3S. The summed E-state index contributed by atoms with van der Waals surface area (Å²) in [5, 5.41) is 23.1. The van der Waals surface area contributed by atoms with Gasteiger partial charge < -0.3 is 15.5 Å². The molecule has 0 radical (unpaired) electrons. The largest absolute Gasteiger partial charge is 0.478 e. The molecule has 1 unspecified atom stereocenters. The molecule has 0 aliphatic heterocycles. The van der Waals surface area contributed by atoms with E-state index in [-0.39, 0.29) is 6.10 Å². The van der Waals surface area contributed by atoms with E-state index in [1.165, 1.54) is 11.3 Å². The molecule has 1 aromatic rings. The number of aliphatic hydroxyl groups is 1. The molecule has 1 aliphatic carbocycles. The van der Waals surface area contributed by atoms with E-state index in [0.717, 1.165) is 17.7 Å². The van der Waals surface area contributed by atoms with Crippen LogP contribution in [-0.4, -0.2) is 28.8 Å². The fraction of sp³-hybridized carbons (Fsp3) is 0.545. The average Bonchev–Trinajstić information content (AvgIpc) is 2.98. The highest BCUT2D eigenvalue weighted by molar-refractivity contribution is 7.10. The van der Waals surface area contributed by atoms with Gasteiger partial charge in [0.2, 0.25) is 0 Å². The SMILES string of the molecule is O=C(O)c1csc(CNCC(O)C2CC2)c1. The lowest BCUT2D eigenvalue weighted by Crippen LogP contribution is -2.27. The van der Waals surface area contributed by atoms with Crippen molar-refractivity contribution in [2.75, 3.05) is 6.54 Å². The zero-order valence-corrected chi connectivity index (χ0v) is 9.67. The van der Waals surface area contributed by atoms with E-state index in [9.17, 15) is 9.90 Å². The molecule has 0 aromatic carbocycles. The third kappa shape index (κ3) is 3.04. The van der Waals surface area contributed by atoms with Crippen LogP contribution in [-0.2, 0) is 6.54 Å². The van der Waals surface area contributed by atoms with Gasteiger partial charge in [-0.05, 0) is 24.8 Å². The van der Waals surface area contributed by atoms with Crippen molar-refractivity contribution in [1.29, 1.82) is 0 Å². The zero-order chi connectivity index (χ0) is 11.5. The van der Waals surface area contributed by atoms with Crippen molar-refractivity contribution in [2.45, 2.75) is 25.5 Å². The predicted octanol–water partition coefficient (Wildman–Crippen LogP) is 1.31. The fourth-order valence-corrected chi connectivity index (χ4v) is 2.40. The molecule has 0 spiro atoms. The molecule has 16 heavy (non-hydrogen) atoms. The zero-order valence-electron chi connectivity index (χ0n) is 8.85. The van der Waals surface area contributed by atoms with Crippen LogP contribution in [0.2, 0.25) is 0 Å². The Morgan fingerprint density at radius 3 is 2.94 bits per heavy atom. The van der Waals surface area contributed by atoms with E-state index in [0.29, 0.717) is 24.6 Å². The van der Waals surface area contributed by atoms with Crippen LogP contribution in [0.1, 0.15) is 28.1 Å². The van der Waals surface area contributed by atoms with Gasteiger partial charge in [0.05, 0.1) is 11.7 Å². The molecule has 0 saturated heterocycles. The van der Waals surface area contributed by atoms with Gasteiger partial charge in [-0.25, -0.2) is 4.79 Å². The summed E-state index contributed by atoms with van der Waals surface area (Å²) in [7, 11) is 0. The highest BCUT2D eigenvalue weighted by atomic mass is 32.1. The van der Waals surface area contributed by atoms with Gasteiger partial charge in [0, 0.05) is 23.3 Å². The molecule has 1 heterocycles. The van der Waals surface area contributed by atoms with Crippen molar-refractivity contribution in [3.63, 3.8) is 0 Å². The molecule has 2 rings (SSSR count). The van der Waals surface area contributed by atoms with Crippen LogP contribution in [0, 0.1) is 5.92 Å². The van der Waals surface area contributed by atoms with Gasteiger partial charge >= 0.3 is 5.97 Å². The minimum atomic E-state index is -0.888. The Bertz CT molecular complexity index is 373. The lowest BCUT2D eigenvalue weighted by molar-refractivity contribution is 0.0697. The van der Waals surface area contributed by atoms with E-state index in [1.807, 2.05) is 0 Å². The Hall–Kier alpha value is -0.910. The third-order valence-electron chi connectivity index (χ3n) is 2.72. The number of hydrogen-bond donors (Lipinski definition) is 3. The summed E-state index contributed by atoms with van der Waals surface area (Å²) in [5.74, 6) is -0.411. The van der Waals surface area contributed by atoms with E-state index in [4.69, 9.17) is 5.11 Å². The second kappa shape index (κ2) is 4.95. The normalized spacial score (nSPS) is 17.3. The number of nitrogens with one attached hydrogen (secondary N) is 1. The molecule has 1 atom stereocenters. The van der Waals surface area contributed by atoms with Gasteiger partial charge in [0.25, 0.3) is 0 Å². The summed E-state index contributed by atoms with van der Waals surface area (Å²) < 4.78 is 0. The maximum atomic E-state index is 10.6. The monoisotopic (exact) mass is 241 g/mol. The Labute approximate surface area is 97.9 Å². The molecule has 5 heteroatoms. The summed E-state index contributed by atoms with van der Waals surface area (Å²) in [4.78, 5) is 11.6. The van der Waals surface area contributed by atoms with E-state index >= 15 is 0 Å². The number of rotatable bonds is 6. The summed E-state index contributed by atoms with van der Waals surface area (Å²) in [6, 6.07) is 1.67. The van der Waals surface area contributed by atoms with E-state index in [2.05, 4.69) is 5.32 Å². The minimum absolute atomic E-state index is 0.251. The number of hydrogen-bond acceptors (Lipinski definition) is 4. The predicted molar refractivity (Wildman–Crippen MR) is 61.7 cm³/mol. The van der Waals surface area contributed by atoms with Crippen LogP contribution in [0.3, 0.4) is 0 Å². The van der Waals surface area contributed by atoms with Crippen molar-refractivity contribution < 1.29 is 15.0 Å². The quantitative estimate of drug-likeness (QED) is 0.702. The van der Waals surface area contributed by atoms with Crippen molar-refractivity contribution in [1.82, 2.24) is 5.32 Å². The van der Waals surface area contributed by atoms with Gasteiger partial charge in [0.15, 0.2) is 0 Å². The summed E-state index contributed by atoms with van der Waals surface area (Å²) in [6.45, 7) is 1.21.